The van der Waals surface area contributed by atoms with Gasteiger partial charge in [0.15, 0.2) is 0 Å². The van der Waals surface area contributed by atoms with E-state index in [4.69, 9.17) is 5.84 Å². The highest BCUT2D eigenvalue weighted by atomic mass is 32.1. The van der Waals surface area contributed by atoms with E-state index >= 15 is 0 Å². The lowest BCUT2D eigenvalue weighted by atomic mass is 10.1. The number of fused-ring (bicyclic) bond motifs is 1. The first kappa shape index (κ1) is 8.62. The van der Waals surface area contributed by atoms with Gasteiger partial charge in [0, 0.05) is 12.2 Å². The monoisotopic (exact) mass is 193 g/mol. The van der Waals surface area contributed by atoms with Crippen molar-refractivity contribution in [1.29, 1.82) is 0 Å². The second kappa shape index (κ2) is 3.41. The molecule has 0 fully saturated rings. The normalized spacial score (nSPS) is 13.4. The molecule has 0 saturated heterocycles. The highest BCUT2D eigenvalue weighted by Crippen LogP contribution is 2.21. The van der Waals surface area contributed by atoms with Crippen LogP contribution < -0.4 is 11.3 Å². The fraction of sp³-hybridized carbons (Fsp3) is 0.222. The molecular weight excluding hydrogens is 182 g/mol. The number of pyridine rings is 1. The molecule has 68 valence electrons. The van der Waals surface area contributed by atoms with Crippen LogP contribution in [0, 0.1) is 0 Å². The van der Waals surface area contributed by atoms with Crippen molar-refractivity contribution in [2.45, 2.75) is 13.0 Å². The van der Waals surface area contributed by atoms with Crippen LogP contribution in [0.3, 0.4) is 0 Å². The largest absolute Gasteiger partial charge is 0.271 e. The predicted molar refractivity (Wildman–Crippen MR) is 55.4 cm³/mol. The molecule has 0 radical (unpaired) electrons. The first-order valence-electron chi connectivity index (χ1n) is 4.10. The predicted octanol–water partition coefficient (Wildman–Crippen LogP) is 1.82. The number of hydrogen-bond donors (Lipinski definition) is 2. The van der Waals surface area contributed by atoms with Crippen molar-refractivity contribution in [1.82, 2.24) is 10.4 Å². The van der Waals surface area contributed by atoms with Gasteiger partial charge in [0.2, 0.25) is 0 Å². The highest BCUT2D eigenvalue weighted by Gasteiger charge is 2.04. The minimum absolute atomic E-state index is 0.152. The first-order chi connectivity index (χ1) is 6.31. The summed E-state index contributed by atoms with van der Waals surface area (Å²) < 4.78 is 1.21. The first-order valence-corrected chi connectivity index (χ1v) is 4.98. The average molecular weight is 193 g/mol. The summed E-state index contributed by atoms with van der Waals surface area (Å²) in [5.74, 6) is 5.35. The SMILES string of the molecule is CC(NN)c1cnc2ccsc2c1. The summed E-state index contributed by atoms with van der Waals surface area (Å²) in [6.07, 6.45) is 1.86. The van der Waals surface area contributed by atoms with Gasteiger partial charge in [0.25, 0.3) is 0 Å². The number of nitrogens with one attached hydrogen (secondary N) is 1. The molecule has 0 aliphatic rings. The lowest BCUT2D eigenvalue weighted by Crippen LogP contribution is -2.25. The fourth-order valence-corrected chi connectivity index (χ4v) is 1.98. The van der Waals surface area contributed by atoms with Crippen molar-refractivity contribution in [2.24, 2.45) is 5.84 Å². The molecule has 0 amide bonds. The number of thiophene rings is 1. The average Bonchev–Trinajstić information content (AvgIpc) is 2.63. The zero-order valence-corrected chi connectivity index (χ0v) is 8.14. The standard InChI is InChI=1S/C9H11N3S/c1-6(12-10)7-4-9-8(11-5-7)2-3-13-9/h2-6,12H,10H2,1H3. The molecule has 3 nitrogen and oxygen atoms in total. The van der Waals surface area contributed by atoms with Gasteiger partial charge in [0.1, 0.15) is 0 Å². The Morgan fingerprint density at radius 2 is 2.46 bits per heavy atom. The minimum Gasteiger partial charge on any atom is -0.271 e. The van der Waals surface area contributed by atoms with Gasteiger partial charge in [-0.3, -0.25) is 16.3 Å². The van der Waals surface area contributed by atoms with E-state index in [0.29, 0.717) is 0 Å². The number of rotatable bonds is 2. The Labute approximate surface area is 80.6 Å². The van der Waals surface area contributed by atoms with E-state index in [1.807, 2.05) is 24.6 Å². The molecule has 1 atom stereocenters. The molecule has 0 bridgehead atoms. The Morgan fingerprint density at radius 1 is 1.62 bits per heavy atom. The van der Waals surface area contributed by atoms with E-state index in [-0.39, 0.29) is 6.04 Å². The van der Waals surface area contributed by atoms with E-state index in [9.17, 15) is 0 Å². The molecule has 2 aromatic heterocycles. The maximum absolute atomic E-state index is 5.35. The summed E-state index contributed by atoms with van der Waals surface area (Å²) in [4.78, 5) is 4.33. The van der Waals surface area contributed by atoms with Gasteiger partial charge in [-0.2, -0.15) is 0 Å². The van der Waals surface area contributed by atoms with Crippen LogP contribution >= 0.6 is 11.3 Å². The van der Waals surface area contributed by atoms with E-state index in [1.165, 1.54) is 4.70 Å². The van der Waals surface area contributed by atoms with Crippen LogP contribution in [0.25, 0.3) is 10.2 Å². The number of hydrogen-bond acceptors (Lipinski definition) is 4. The van der Waals surface area contributed by atoms with Crippen LogP contribution in [-0.4, -0.2) is 4.98 Å². The number of aromatic nitrogens is 1. The Kier molecular flexibility index (Phi) is 2.26. The number of nitrogens with zero attached hydrogens (tertiary/aromatic N) is 1. The minimum atomic E-state index is 0.152. The third-order valence-electron chi connectivity index (χ3n) is 2.07. The fourth-order valence-electron chi connectivity index (χ4n) is 1.19. The molecule has 2 aromatic rings. The quantitative estimate of drug-likeness (QED) is 0.565. The lowest BCUT2D eigenvalue weighted by molar-refractivity contribution is 0.601. The van der Waals surface area contributed by atoms with Crippen molar-refractivity contribution in [3.05, 3.63) is 29.3 Å². The molecule has 4 heteroatoms. The van der Waals surface area contributed by atoms with Crippen LogP contribution in [-0.2, 0) is 0 Å². The molecule has 2 rings (SSSR count). The third kappa shape index (κ3) is 1.56. The maximum atomic E-state index is 5.35. The molecule has 13 heavy (non-hydrogen) atoms. The molecule has 2 heterocycles. The summed E-state index contributed by atoms with van der Waals surface area (Å²) in [6.45, 7) is 2.01. The van der Waals surface area contributed by atoms with Crippen LogP contribution in [0.1, 0.15) is 18.5 Å². The Bertz CT molecular complexity index is 410. The zero-order chi connectivity index (χ0) is 9.26. The Morgan fingerprint density at radius 3 is 3.23 bits per heavy atom. The van der Waals surface area contributed by atoms with Gasteiger partial charge >= 0.3 is 0 Å². The summed E-state index contributed by atoms with van der Waals surface area (Å²) >= 11 is 1.70. The van der Waals surface area contributed by atoms with Gasteiger partial charge in [-0.15, -0.1) is 11.3 Å². The van der Waals surface area contributed by atoms with Crippen LogP contribution in [0.2, 0.25) is 0 Å². The zero-order valence-electron chi connectivity index (χ0n) is 7.32. The summed E-state index contributed by atoms with van der Waals surface area (Å²) in [6, 6.07) is 4.29. The van der Waals surface area contributed by atoms with Crippen LogP contribution in [0.4, 0.5) is 0 Å². The maximum Gasteiger partial charge on any atom is 0.0809 e. The molecule has 0 aliphatic carbocycles. The molecule has 1 unspecified atom stereocenters. The Hall–Kier alpha value is -0.970. The highest BCUT2D eigenvalue weighted by molar-refractivity contribution is 7.17. The second-order valence-electron chi connectivity index (χ2n) is 2.96. The molecule has 0 aromatic carbocycles. The van der Waals surface area contributed by atoms with Gasteiger partial charge in [-0.1, -0.05) is 0 Å². The van der Waals surface area contributed by atoms with Gasteiger partial charge in [-0.25, -0.2) is 0 Å². The second-order valence-corrected chi connectivity index (χ2v) is 3.91. The van der Waals surface area contributed by atoms with Crippen molar-refractivity contribution < 1.29 is 0 Å². The van der Waals surface area contributed by atoms with Gasteiger partial charge in [-0.05, 0) is 30.0 Å². The molecule has 0 spiro atoms. The molecular formula is C9H11N3S. The Balaban J connectivity index is 2.48. The third-order valence-corrected chi connectivity index (χ3v) is 2.93. The summed E-state index contributed by atoms with van der Waals surface area (Å²) in [5, 5.41) is 2.04. The van der Waals surface area contributed by atoms with E-state index in [0.717, 1.165) is 11.1 Å². The van der Waals surface area contributed by atoms with Gasteiger partial charge in [0.05, 0.1) is 10.2 Å². The molecule has 3 N–H and O–H groups in total. The van der Waals surface area contributed by atoms with E-state index in [1.54, 1.807) is 11.3 Å². The summed E-state index contributed by atoms with van der Waals surface area (Å²) in [5.41, 5.74) is 4.88. The van der Waals surface area contributed by atoms with Crippen molar-refractivity contribution in [3.63, 3.8) is 0 Å². The van der Waals surface area contributed by atoms with Crippen molar-refractivity contribution in [3.8, 4) is 0 Å². The van der Waals surface area contributed by atoms with Gasteiger partial charge < -0.3 is 0 Å². The summed E-state index contributed by atoms with van der Waals surface area (Å²) in [7, 11) is 0. The lowest BCUT2D eigenvalue weighted by Gasteiger charge is -2.08. The smallest absolute Gasteiger partial charge is 0.0809 e. The number of hydrazine groups is 1. The van der Waals surface area contributed by atoms with Crippen molar-refractivity contribution >= 4 is 21.6 Å². The molecule has 0 saturated carbocycles. The van der Waals surface area contributed by atoms with E-state index < -0.39 is 0 Å². The van der Waals surface area contributed by atoms with E-state index in [2.05, 4.69) is 16.5 Å². The molecule has 0 aliphatic heterocycles. The van der Waals surface area contributed by atoms with Crippen LogP contribution in [0.15, 0.2) is 23.7 Å². The topological polar surface area (TPSA) is 50.9 Å². The van der Waals surface area contributed by atoms with Crippen molar-refractivity contribution in [2.75, 3.05) is 0 Å². The van der Waals surface area contributed by atoms with Crippen LogP contribution in [0.5, 0.6) is 0 Å². The number of nitrogens with two attached hydrogens (primary N) is 1.